The van der Waals surface area contributed by atoms with E-state index in [-0.39, 0.29) is 0 Å². The molecule has 28 heavy (non-hydrogen) atoms. The SMILES string of the molecule is Cc1[nH]c2ccccc2c1C(=O)C(=O)NCCc1cc(Cl)c2c(c1)OCCO2. The number of carbonyl (C=O) groups excluding carboxylic acids is 2. The molecular formula is C21H19ClN2O4. The number of carbonyl (C=O) groups is 2. The van der Waals surface area contributed by atoms with Crippen LogP contribution in [0.25, 0.3) is 10.9 Å². The molecule has 2 aromatic carbocycles. The van der Waals surface area contributed by atoms with Crippen molar-refractivity contribution in [2.75, 3.05) is 19.8 Å². The predicted molar refractivity (Wildman–Crippen MR) is 107 cm³/mol. The zero-order chi connectivity index (χ0) is 19.7. The number of benzene rings is 2. The highest BCUT2D eigenvalue weighted by atomic mass is 35.5. The fraction of sp³-hybridized carbons (Fsp3) is 0.238. The van der Waals surface area contributed by atoms with Crippen LogP contribution in [-0.2, 0) is 11.2 Å². The van der Waals surface area contributed by atoms with Crippen LogP contribution in [0.1, 0.15) is 21.6 Å². The smallest absolute Gasteiger partial charge is 0.292 e. The Balaban J connectivity index is 1.43. The minimum absolute atomic E-state index is 0.307. The molecule has 0 aliphatic carbocycles. The molecule has 2 N–H and O–H groups in total. The van der Waals surface area contributed by atoms with Crippen molar-refractivity contribution in [2.24, 2.45) is 0 Å². The molecule has 0 radical (unpaired) electrons. The first-order chi connectivity index (χ1) is 13.5. The first-order valence-corrected chi connectivity index (χ1v) is 9.40. The second kappa shape index (κ2) is 7.56. The summed E-state index contributed by atoms with van der Waals surface area (Å²) in [6.45, 7) is 3.04. The number of rotatable bonds is 5. The summed E-state index contributed by atoms with van der Waals surface area (Å²) < 4.78 is 11.1. The maximum atomic E-state index is 12.6. The number of fused-ring (bicyclic) bond motifs is 2. The monoisotopic (exact) mass is 398 g/mol. The number of aromatic nitrogens is 1. The molecule has 1 aromatic heterocycles. The highest BCUT2D eigenvalue weighted by molar-refractivity contribution is 6.45. The van der Waals surface area contributed by atoms with Crippen molar-refractivity contribution in [3.8, 4) is 11.5 Å². The normalized spacial score (nSPS) is 12.8. The Morgan fingerprint density at radius 1 is 1.18 bits per heavy atom. The molecule has 1 aliphatic heterocycles. The topological polar surface area (TPSA) is 80.4 Å². The summed E-state index contributed by atoms with van der Waals surface area (Å²) in [7, 11) is 0. The quantitative estimate of drug-likeness (QED) is 0.509. The van der Waals surface area contributed by atoms with Gasteiger partial charge in [0, 0.05) is 23.1 Å². The van der Waals surface area contributed by atoms with Crippen LogP contribution in [0, 0.1) is 6.92 Å². The van der Waals surface area contributed by atoms with Gasteiger partial charge in [-0.3, -0.25) is 9.59 Å². The molecule has 0 fully saturated rings. The molecule has 7 heteroatoms. The molecule has 1 aliphatic rings. The van der Waals surface area contributed by atoms with Crippen LogP contribution < -0.4 is 14.8 Å². The summed E-state index contributed by atoms with van der Waals surface area (Å²) in [5.74, 6) is -0.0251. The molecule has 1 amide bonds. The van der Waals surface area contributed by atoms with Crippen LogP contribution in [-0.4, -0.2) is 36.4 Å². The first-order valence-electron chi connectivity index (χ1n) is 9.02. The van der Waals surface area contributed by atoms with Crippen LogP contribution in [0.4, 0.5) is 0 Å². The number of nitrogens with one attached hydrogen (secondary N) is 2. The third-order valence-electron chi connectivity index (χ3n) is 4.68. The maximum absolute atomic E-state index is 12.6. The lowest BCUT2D eigenvalue weighted by Gasteiger charge is -2.20. The van der Waals surface area contributed by atoms with Crippen LogP contribution in [0.2, 0.25) is 5.02 Å². The second-order valence-electron chi connectivity index (χ2n) is 6.61. The Hall–Kier alpha value is -2.99. The summed E-state index contributed by atoms with van der Waals surface area (Å²) in [6, 6.07) is 11.1. The Labute approximate surface area is 166 Å². The van der Waals surface area contributed by atoms with Gasteiger partial charge in [-0.05, 0) is 37.1 Å². The molecule has 3 aromatic rings. The summed E-state index contributed by atoms with van der Waals surface area (Å²) in [5, 5.41) is 3.92. The number of hydrogen-bond donors (Lipinski definition) is 2. The van der Waals surface area contributed by atoms with Gasteiger partial charge in [-0.15, -0.1) is 0 Å². The van der Waals surface area contributed by atoms with Crippen LogP contribution in [0.5, 0.6) is 11.5 Å². The number of hydrogen-bond acceptors (Lipinski definition) is 4. The van der Waals surface area contributed by atoms with E-state index in [9.17, 15) is 9.59 Å². The molecule has 4 rings (SSSR count). The van der Waals surface area contributed by atoms with Gasteiger partial charge in [0.05, 0.1) is 10.6 Å². The first kappa shape index (κ1) is 18.4. The van der Waals surface area contributed by atoms with Gasteiger partial charge in [0.2, 0.25) is 0 Å². The van der Waals surface area contributed by atoms with E-state index in [1.807, 2.05) is 30.3 Å². The number of halogens is 1. The maximum Gasteiger partial charge on any atom is 0.292 e. The average Bonchev–Trinajstić information content (AvgIpc) is 3.03. The Morgan fingerprint density at radius 3 is 2.82 bits per heavy atom. The van der Waals surface area contributed by atoms with Gasteiger partial charge < -0.3 is 19.8 Å². The fourth-order valence-corrected chi connectivity index (χ4v) is 3.68. The molecule has 0 saturated carbocycles. The van der Waals surface area contributed by atoms with Crippen molar-refractivity contribution in [2.45, 2.75) is 13.3 Å². The largest absolute Gasteiger partial charge is 0.486 e. The second-order valence-corrected chi connectivity index (χ2v) is 7.01. The van der Waals surface area contributed by atoms with Crippen molar-refractivity contribution in [3.05, 3.63) is 58.2 Å². The fourth-order valence-electron chi connectivity index (χ4n) is 3.39. The standard InChI is InChI=1S/C21H19ClN2O4/c1-12-18(14-4-2-3-5-16(14)24-12)19(25)21(26)23-7-6-13-10-15(22)20-17(11-13)27-8-9-28-20/h2-5,10-11,24H,6-9H2,1H3,(H,23,26). The van der Waals surface area contributed by atoms with E-state index in [1.165, 1.54) is 0 Å². The molecule has 6 nitrogen and oxygen atoms in total. The Kier molecular flexibility index (Phi) is 4.96. The van der Waals surface area contributed by atoms with E-state index in [0.717, 1.165) is 16.5 Å². The molecule has 0 saturated heterocycles. The van der Waals surface area contributed by atoms with Crippen LogP contribution in [0.15, 0.2) is 36.4 Å². The van der Waals surface area contributed by atoms with Gasteiger partial charge in [-0.2, -0.15) is 0 Å². The Morgan fingerprint density at radius 2 is 1.96 bits per heavy atom. The molecule has 0 unspecified atom stereocenters. The number of aromatic amines is 1. The van der Waals surface area contributed by atoms with E-state index < -0.39 is 11.7 Å². The number of aryl methyl sites for hydroxylation is 1. The van der Waals surface area contributed by atoms with E-state index >= 15 is 0 Å². The summed E-state index contributed by atoms with van der Waals surface area (Å²) >= 11 is 6.23. The molecule has 0 bridgehead atoms. The minimum Gasteiger partial charge on any atom is -0.486 e. The van der Waals surface area contributed by atoms with Gasteiger partial charge in [0.1, 0.15) is 13.2 Å². The van der Waals surface area contributed by atoms with Crippen molar-refractivity contribution < 1.29 is 19.1 Å². The van der Waals surface area contributed by atoms with E-state index in [2.05, 4.69) is 10.3 Å². The predicted octanol–water partition coefficient (Wildman–Crippen LogP) is 3.44. The number of ether oxygens (including phenoxy) is 2. The van der Waals surface area contributed by atoms with E-state index in [0.29, 0.717) is 54.0 Å². The van der Waals surface area contributed by atoms with E-state index in [4.69, 9.17) is 21.1 Å². The van der Waals surface area contributed by atoms with Gasteiger partial charge in [-0.1, -0.05) is 29.8 Å². The molecule has 0 spiro atoms. The summed E-state index contributed by atoms with van der Waals surface area (Å²) in [5.41, 5.74) is 2.82. The number of ketones is 1. The zero-order valence-corrected chi connectivity index (χ0v) is 16.1. The minimum atomic E-state index is -0.628. The molecule has 0 atom stereocenters. The molecule has 144 valence electrons. The van der Waals surface area contributed by atoms with Gasteiger partial charge in [0.25, 0.3) is 11.7 Å². The number of amides is 1. The summed E-state index contributed by atoms with van der Waals surface area (Å²) in [4.78, 5) is 28.2. The lowest BCUT2D eigenvalue weighted by atomic mass is 10.1. The third kappa shape index (κ3) is 3.43. The van der Waals surface area contributed by atoms with Crippen LogP contribution >= 0.6 is 11.6 Å². The zero-order valence-electron chi connectivity index (χ0n) is 15.3. The third-order valence-corrected chi connectivity index (χ3v) is 4.96. The summed E-state index contributed by atoms with van der Waals surface area (Å²) in [6.07, 6.45) is 0.516. The lowest BCUT2D eigenvalue weighted by molar-refractivity contribution is -0.116. The van der Waals surface area contributed by atoms with Crippen molar-refractivity contribution in [3.63, 3.8) is 0 Å². The van der Waals surface area contributed by atoms with Crippen molar-refractivity contribution in [1.82, 2.24) is 10.3 Å². The number of para-hydroxylation sites is 1. The Bertz CT molecular complexity index is 1070. The number of H-pyrrole nitrogens is 1. The molecule has 2 heterocycles. The van der Waals surface area contributed by atoms with Gasteiger partial charge in [0.15, 0.2) is 11.5 Å². The molecular weight excluding hydrogens is 380 g/mol. The highest BCUT2D eigenvalue weighted by Gasteiger charge is 2.22. The highest BCUT2D eigenvalue weighted by Crippen LogP contribution is 2.38. The number of Topliss-reactive ketones (excluding diaryl/α,β-unsaturated/α-hetero) is 1. The van der Waals surface area contributed by atoms with Crippen LogP contribution in [0.3, 0.4) is 0 Å². The lowest BCUT2D eigenvalue weighted by Crippen LogP contribution is -2.32. The van der Waals surface area contributed by atoms with Gasteiger partial charge in [-0.25, -0.2) is 0 Å². The van der Waals surface area contributed by atoms with Crippen molar-refractivity contribution >= 4 is 34.2 Å². The average molecular weight is 399 g/mol. The van der Waals surface area contributed by atoms with Crippen molar-refractivity contribution in [1.29, 1.82) is 0 Å². The van der Waals surface area contributed by atoms with E-state index in [1.54, 1.807) is 13.0 Å². The van der Waals surface area contributed by atoms with Gasteiger partial charge >= 0.3 is 0 Å².